The minimum Gasteiger partial charge on any atom is -0.384 e. The predicted molar refractivity (Wildman–Crippen MR) is 85.8 cm³/mol. The molecule has 116 valence electrons. The van der Waals surface area contributed by atoms with Crippen LogP contribution in [0.4, 0.5) is 17.3 Å². The molecular formula is C15H21N7. The van der Waals surface area contributed by atoms with Gasteiger partial charge in [-0.05, 0) is 50.2 Å². The summed E-state index contributed by atoms with van der Waals surface area (Å²) in [7, 11) is 0. The van der Waals surface area contributed by atoms with E-state index < -0.39 is 0 Å². The second kappa shape index (κ2) is 7.65. The molecule has 0 unspecified atom stereocenters. The number of hydrogen-bond acceptors (Lipinski definition) is 6. The summed E-state index contributed by atoms with van der Waals surface area (Å²) in [5, 5.41) is 17.9. The molecule has 0 amide bonds. The number of H-pyrrole nitrogens is 1. The van der Waals surface area contributed by atoms with E-state index >= 15 is 0 Å². The normalized spacial score (nSPS) is 16.2. The molecule has 1 aromatic heterocycles. The summed E-state index contributed by atoms with van der Waals surface area (Å²) in [6.07, 6.45) is 5.47. The summed E-state index contributed by atoms with van der Waals surface area (Å²) in [5.41, 5.74) is 1.90. The zero-order valence-corrected chi connectivity index (χ0v) is 12.6. The largest absolute Gasteiger partial charge is 0.384 e. The summed E-state index contributed by atoms with van der Waals surface area (Å²) in [4.78, 5) is 6.41. The molecule has 0 radical (unpaired) electrons. The highest BCUT2D eigenvalue weighted by atomic mass is 15.3. The zero-order valence-electron chi connectivity index (χ0n) is 12.6. The van der Waals surface area contributed by atoms with Crippen LogP contribution in [0.25, 0.3) is 0 Å². The number of piperidine rings is 1. The second-order valence-electron chi connectivity index (χ2n) is 5.39. The molecule has 2 aromatic rings. The standard InChI is InChI=1S/C15H21N7/c1-2-9-22(10-3-1)11-8-16-13-4-6-14(7-5-13)19-21-15-17-12-18-20-15/h4-7,12,16H,1-3,8-11H2,(H,17,18,20). The van der Waals surface area contributed by atoms with E-state index in [0.717, 1.165) is 24.5 Å². The number of nitrogens with zero attached hydrogens (tertiary/aromatic N) is 5. The summed E-state index contributed by atoms with van der Waals surface area (Å²) in [6, 6.07) is 7.90. The molecule has 1 fully saturated rings. The van der Waals surface area contributed by atoms with Gasteiger partial charge in [-0.3, -0.25) is 0 Å². The zero-order chi connectivity index (χ0) is 15.0. The number of azo groups is 1. The number of rotatable bonds is 6. The van der Waals surface area contributed by atoms with Crippen LogP contribution in [-0.4, -0.2) is 46.3 Å². The molecule has 1 aromatic carbocycles. The Balaban J connectivity index is 1.44. The first-order valence-electron chi connectivity index (χ1n) is 7.73. The van der Waals surface area contributed by atoms with E-state index in [2.05, 4.69) is 35.6 Å². The van der Waals surface area contributed by atoms with Gasteiger partial charge in [0.15, 0.2) is 0 Å². The van der Waals surface area contributed by atoms with Crippen molar-refractivity contribution in [3.8, 4) is 0 Å². The number of benzene rings is 1. The lowest BCUT2D eigenvalue weighted by Gasteiger charge is -2.26. The Bertz CT molecular complexity index is 570. The lowest BCUT2D eigenvalue weighted by molar-refractivity contribution is 0.237. The third-order valence-corrected chi connectivity index (χ3v) is 3.74. The van der Waals surface area contributed by atoms with Gasteiger partial charge in [-0.25, -0.2) is 5.10 Å². The van der Waals surface area contributed by atoms with Crippen molar-refractivity contribution >= 4 is 17.3 Å². The van der Waals surface area contributed by atoms with Gasteiger partial charge in [-0.15, -0.1) is 10.2 Å². The van der Waals surface area contributed by atoms with Gasteiger partial charge in [0.25, 0.3) is 5.95 Å². The van der Waals surface area contributed by atoms with Gasteiger partial charge in [0.2, 0.25) is 0 Å². The van der Waals surface area contributed by atoms with Gasteiger partial charge < -0.3 is 10.2 Å². The molecule has 1 aliphatic heterocycles. The molecular weight excluding hydrogens is 278 g/mol. The molecule has 0 bridgehead atoms. The fourth-order valence-corrected chi connectivity index (χ4v) is 2.54. The number of hydrogen-bond donors (Lipinski definition) is 2. The summed E-state index contributed by atoms with van der Waals surface area (Å²) in [5.74, 6) is 0.406. The van der Waals surface area contributed by atoms with Crippen LogP contribution in [0, 0.1) is 0 Å². The molecule has 1 saturated heterocycles. The average Bonchev–Trinajstić information content (AvgIpc) is 3.09. The summed E-state index contributed by atoms with van der Waals surface area (Å²) in [6.45, 7) is 4.55. The minimum absolute atomic E-state index is 0.406. The molecule has 2 N–H and O–H groups in total. The Morgan fingerprint density at radius 3 is 2.64 bits per heavy atom. The smallest absolute Gasteiger partial charge is 0.264 e. The first-order valence-corrected chi connectivity index (χ1v) is 7.73. The molecule has 7 nitrogen and oxygen atoms in total. The van der Waals surface area contributed by atoms with Gasteiger partial charge in [0.05, 0.1) is 5.69 Å². The van der Waals surface area contributed by atoms with Crippen molar-refractivity contribution < 1.29 is 0 Å². The van der Waals surface area contributed by atoms with Crippen LogP contribution in [-0.2, 0) is 0 Å². The SMILES string of the molecule is c1n[nH]c(N=Nc2ccc(NCCN3CCCCC3)cc2)n1. The molecule has 0 aliphatic carbocycles. The minimum atomic E-state index is 0.406. The predicted octanol–water partition coefficient (Wildman–Crippen LogP) is 3.12. The van der Waals surface area contributed by atoms with E-state index in [1.54, 1.807) is 0 Å². The van der Waals surface area contributed by atoms with Crippen LogP contribution in [0.15, 0.2) is 40.8 Å². The van der Waals surface area contributed by atoms with Crippen LogP contribution in [0.5, 0.6) is 0 Å². The van der Waals surface area contributed by atoms with E-state index in [-0.39, 0.29) is 0 Å². The Kier molecular flexibility index (Phi) is 5.09. The number of likely N-dealkylation sites (tertiary alicyclic amines) is 1. The van der Waals surface area contributed by atoms with Crippen LogP contribution in [0.2, 0.25) is 0 Å². The van der Waals surface area contributed by atoms with E-state index in [1.165, 1.54) is 38.7 Å². The Labute approximate surface area is 129 Å². The highest BCUT2D eigenvalue weighted by molar-refractivity contribution is 5.50. The van der Waals surface area contributed by atoms with Crippen molar-refractivity contribution in [3.05, 3.63) is 30.6 Å². The van der Waals surface area contributed by atoms with Crippen molar-refractivity contribution in [1.29, 1.82) is 0 Å². The number of nitrogens with one attached hydrogen (secondary N) is 2. The van der Waals surface area contributed by atoms with E-state index in [4.69, 9.17) is 0 Å². The molecule has 7 heteroatoms. The maximum Gasteiger partial charge on any atom is 0.264 e. The Morgan fingerprint density at radius 1 is 1.09 bits per heavy atom. The quantitative estimate of drug-likeness (QED) is 0.803. The highest BCUT2D eigenvalue weighted by Gasteiger charge is 2.08. The van der Waals surface area contributed by atoms with Crippen molar-refractivity contribution in [2.24, 2.45) is 10.2 Å². The van der Waals surface area contributed by atoms with E-state index in [9.17, 15) is 0 Å². The van der Waals surface area contributed by atoms with Crippen molar-refractivity contribution in [2.45, 2.75) is 19.3 Å². The van der Waals surface area contributed by atoms with Gasteiger partial charge in [-0.1, -0.05) is 6.42 Å². The molecule has 1 aliphatic rings. The summed E-state index contributed by atoms with van der Waals surface area (Å²) < 4.78 is 0. The number of aromatic amines is 1. The number of aromatic nitrogens is 3. The van der Waals surface area contributed by atoms with Gasteiger partial charge in [-0.2, -0.15) is 10.1 Å². The van der Waals surface area contributed by atoms with E-state index in [1.807, 2.05) is 24.3 Å². The van der Waals surface area contributed by atoms with Gasteiger partial charge in [0, 0.05) is 18.8 Å². The van der Waals surface area contributed by atoms with Gasteiger partial charge in [0.1, 0.15) is 6.33 Å². The van der Waals surface area contributed by atoms with Crippen molar-refractivity contribution in [2.75, 3.05) is 31.5 Å². The first-order chi connectivity index (χ1) is 10.9. The first kappa shape index (κ1) is 14.6. The number of anilines is 1. The lowest BCUT2D eigenvalue weighted by atomic mass is 10.1. The fourth-order valence-electron chi connectivity index (χ4n) is 2.54. The van der Waals surface area contributed by atoms with Crippen molar-refractivity contribution in [1.82, 2.24) is 20.1 Å². The van der Waals surface area contributed by atoms with E-state index in [0.29, 0.717) is 5.95 Å². The van der Waals surface area contributed by atoms with Crippen LogP contribution < -0.4 is 5.32 Å². The van der Waals surface area contributed by atoms with Crippen molar-refractivity contribution in [3.63, 3.8) is 0 Å². The maximum atomic E-state index is 4.10. The lowest BCUT2D eigenvalue weighted by Crippen LogP contribution is -2.33. The molecule has 0 atom stereocenters. The van der Waals surface area contributed by atoms with Gasteiger partial charge >= 0.3 is 0 Å². The average molecular weight is 299 g/mol. The third-order valence-electron chi connectivity index (χ3n) is 3.74. The fraction of sp³-hybridized carbons (Fsp3) is 0.467. The second-order valence-corrected chi connectivity index (χ2v) is 5.39. The summed E-state index contributed by atoms with van der Waals surface area (Å²) >= 11 is 0. The molecule has 22 heavy (non-hydrogen) atoms. The highest BCUT2D eigenvalue weighted by Crippen LogP contribution is 2.18. The topological polar surface area (TPSA) is 81.6 Å². The molecule has 0 spiro atoms. The third kappa shape index (κ3) is 4.36. The maximum absolute atomic E-state index is 4.10. The Morgan fingerprint density at radius 2 is 1.91 bits per heavy atom. The molecule has 2 heterocycles. The molecule has 3 rings (SSSR count). The Hall–Kier alpha value is -2.28. The van der Waals surface area contributed by atoms with Crippen LogP contribution >= 0.6 is 0 Å². The van der Waals surface area contributed by atoms with Crippen LogP contribution in [0.1, 0.15) is 19.3 Å². The van der Waals surface area contributed by atoms with Crippen LogP contribution in [0.3, 0.4) is 0 Å². The monoisotopic (exact) mass is 299 g/mol. The molecule has 0 saturated carbocycles.